The summed E-state index contributed by atoms with van der Waals surface area (Å²) in [6.07, 6.45) is 2.93. The molecule has 0 bridgehead atoms. The van der Waals surface area contributed by atoms with Crippen LogP contribution in [0.25, 0.3) is 5.69 Å². The van der Waals surface area contributed by atoms with Crippen LogP contribution in [0.15, 0.2) is 30.5 Å². The van der Waals surface area contributed by atoms with Crippen LogP contribution in [-0.2, 0) is 9.53 Å². The normalized spacial score (nSPS) is 19.9. The fraction of sp³-hybridized carbons (Fsp3) is 0.450. The SMILES string of the molecule is Cc1c(C(=O)N2CCN(C(=O)C3CCCO3)CC2)cnn1-c1ccc(F)cc1. The molecule has 1 aromatic heterocycles. The van der Waals surface area contributed by atoms with Crippen molar-refractivity contribution < 1.29 is 18.7 Å². The van der Waals surface area contributed by atoms with E-state index in [2.05, 4.69) is 5.10 Å². The number of nitrogens with zero attached hydrogens (tertiary/aromatic N) is 4. The van der Waals surface area contributed by atoms with Crippen LogP contribution in [0.4, 0.5) is 4.39 Å². The van der Waals surface area contributed by atoms with Gasteiger partial charge in [0.1, 0.15) is 11.9 Å². The van der Waals surface area contributed by atoms with Gasteiger partial charge in [0.15, 0.2) is 0 Å². The summed E-state index contributed by atoms with van der Waals surface area (Å²) in [5.41, 5.74) is 1.92. The maximum absolute atomic E-state index is 13.1. The molecule has 0 aliphatic carbocycles. The van der Waals surface area contributed by atoms with Gasteiger partial charge in [-0.05, 0) is 44.0 Å². The highest BCUT2D eigenvalue weighted by molar-refractivity contribution is 5.95. The van der Waals surface area contributed by atoms with Gasteiger partial charge in [0.05, 0.1) is 23.1 Å². The van der Waals surface area contributed by atoms with E-state index in [0.29, 0.717) is 49.7 Å². The smallest absolute Gasteiger partial charge is 0.257 e. The minimum absolute atomic E-state index is 0.0323. The lowest BCUT2D eigenvalue weighted by atomic mass is 10.1. The fourth-order valence-corrected chi connectivity index (χ4v) is 3.74. The maximum atomic E-state index is 13.1. The molecule has 4 rings (SSSR count). The lowest BCUT2D eigenvalue weighted by Gasteiger charge is -2.35. The number of rotatable bonds is 3. The Morgan fingerprint density at radius 1 is 1.11 bits per heavy atom. The van der Waals surface area contributed by atoms with E-state index in [4.69, 9.17) is 4.74 Å². The highest BCUT2D eigenvalue weighted by atomic mass is 19.1. The standard InChI is InChI=1S/C20H23FN4O3/c1-14-17(13-22-25(14)16-6-4-15(21)5-7-16)19(26)23-8-10-24(11-9-23)20(27)18-3-2-12-28-18/h4-7,13,18H,2-3,8-12H2,1H3. The molecule has 1 aromatic carbocycles. The molecular weight excluding hydrogens is 363 g/mol. The van der Waals surface area contributed by atoms with Crippen molar-refractivity contribution in [2.24, 2.45) is 0 Å². The Morgan fingerprint density at radius 3 is 2.43 bits per heavy atom. The first-order valence-corrected chi connectivity index (χ1v) is 9.55. The van der Waals surface area contributed by atoms with Crippen molar-refractivity contribution in [2.45, 2.75) is 25.9 Å². The van der Waals surface area contributed by atoms with Crippen LogP contribution in [0.5, 0.6) is 0 Å². The molecule has 2 saturated heterocycles. The quantitative estimate of drug-likeness (QED) is 0.807. The van der Waals surface area contributed by atoms with E-state index in [0.717, 1.165) is 12.8 Å². The monoisotopic (exact) mass is 386 g/mol. The molecule has 0 spiro atoms. The van der Waals surface area contributed by atoms with Crippen molar-refractivity contribution in [3.05, 3.63) is 47.5 Å². The molecule has 1 unspecified atom stereocenters. The van der Waals surface area contributed by atoms with Crippen molar-refractivity contribution in [2.75, 3.05) is 32.8 Å². The molecule has 7 nitrogen and oxygen atoms in total. The van der Waals surface area contributed by atoms with Gasteiger partial charge in [-0.25, -0.2) is 9.07 Å². The number of amides is 2. The molecule has 0 radical (unpaired) electrons. The zero-order chi connectivity index (χ0) is 19.7. The first-order chi connectivity index (χ1) is 13.5. The van der Waals surface area contributed by atoms with Gasteiger partial charge in [0.25, 0.3) is 11.8 Å². The summed E-state index contributed by atoms with van der Waals surface area (Å²) < 4.78 is 20.2. The zero-order valence-electron chi connectivity index (χ0n) is 15.8. The van der Waals surface area contributed by atoms with Gasteiger partial charge in [-0.1, -0.05) is 0 Å². The number of benzene rings is 1. The molecule has 8 heteroatoms. The average Bonchev–Trinajstić information content (AvgIpc) is 3.38. The number of ether oxygens (including phenoxy) is 1. The number of aromatic nitrogens is 2. The van der Waals surface area contributed by atoms with Crippen LogP contribution in [0.3, 0.4) is 0 Å². The Bertz CT molecular complexity index is 866. The van der Waals surface area contributed by atoms with Crippen LogP contribution >= 0.6 is 0 Å². The third kappa shape index (κ3) is 3.52. The van der Waals surface area contributed by atoms with Crippen molar-refractivity contribution in [3.8, 4) is 5.69 Å². The Hall–Kier alpha value is -2.74. The van der Waals surface area contributed by atoms with E-state index < -0.39 is 0 Å². The predicted octanol–water partition coefficient (Wildman–Crippen LogP) is 1.78. The number of carbonyl (C=O) groups is 2. The van der Waals surface area contributed by atoms with E-state index in [-0.39, 0.29) is 23.7 Å². The maximum Gasteiger partial charge on any atom is 0.257 e. The Balaban J connectivity index is 1.41. The summed E-state index contributed by atoms with van der Waals surface area (Å²) in [7, 11) is 0. The van der Waals surface area contributed by atoms with Crippen LogP contribution in [-0.4, -0.2) is 70.3 Å². The van der Waals surface area contributed by atoms with Gasteiger partial charge < -0.3 is 14.5 Å². The van der Waals surface area contributed by atoms with Gasteiger partial charge in [0.2, 0.25) is 0 Å². The molecule has 1 atom stereocenters. The second-order valence-corrected chi connectivity index (χ2v) is 7.15. The number of hydrogen-bond donors (Lipinski definition) is 0. The molecule has 0 saturated carbocycles. The Kier molecular flexibility index (Phi) is 5.13. The van der Waals surface area contributed by atoms with Crippen molar-refractivity contribution in [3.63, 3.8) is 0 Å². The van der Waals surface area contributed by atoms with Crippen LogP contribution in [0.1, 0.15) is 28.9 Å². The Morgan fingerprint density at radius 2 is 1.79 bits per heavy atom. The topological polar surface area (TPSA) is 67.7 Å². The lowest BCUT2D eigenvalue weighted by molar-refractivity contribution is -0.142. The largest absolute Gasteiger partial charge is 0.368 e. The molecular formula is C20H23FN4O3. The second-order valence-electron chi connectivity index (χ2n) is 7.15. The molecule has 2 fully saturated rings. The summed E-state index contributed by atoms with van der Waals surface area (Å²) in [4.78, 5) is 28.9. The van der Waals surface area contributed by atoms with Crippen LogP contribution in [0.2, 0.25) is 0 Å². The molecule has 28 heavy (non-hydrogen) atoms. The zero-order valence-corrected chi connectivity index (χ0v) is 15.8. The second kappa shape index (κ2) is 7.71. The van der Waals surface area contributed by atoms with Crippen LogP contribution < -0.4 is 0 Å². The molecule has 2 aliphatic rings. The first-order valence-electron chi connectivity index (χ1n) is 9.55. The number of hydrogen-bond acceptors (Lipinski definition) is 4. The number of halogens is 1. The van der Waals surface area contributed by atoms with E-state index >= 15 is 0 Å². The summed E-state index contributed by atoms with van der Waals surface area (Å²) >= 11 is 0. The highest BCUT2D eigenvalue weighted by Crippen LogP contribution is 2.19. The van der Waals surface area contributed by atoms with Gasteiger partial charge in [-0.15, -0.1) is 0 Å². The van der Waals surface area contributed by atoms with Gasteiger partial charge >= 0.3 is 0 Å². The summed E-state index contributed by atoms with van der Waals surface area (Å²) in [6.45, 7) is 4.45. The van der Waals surface area contributed by atoms with Crippen LogP contribution in [0, 0.1) is 12.7 Å². The summed E-state index contributed by atoms with van der Waals surface area (Å²) in [6, 6.07) is 5.97. The van der Waals surface area contributed by atoms with Crippen molar-refractivity contribution in [1.82, 2.24) is 19.6 Å². The fourth-order valence-electron chi connectivity index (χ4n) is 3.74. The minimum atomic E-state index is -0.321. The molecule has 2 amide bonds. The van der Waals surface area contributed by atoms with Gasteiger partial charge in [0, 0.05) is 32.8 Å². The third-order valence-corrected chi connectivity index (χ3v) is 5.40. The molecule has 2 aliphatic heterocycles. The number of piperazine rings is 1. The van der Waals surface area contributed by atoms with Crippen molar-refractivity contribution in [1.29, 1.82) is 0 Å². The number of carbonyl (C=O) groups excluding carboxylic acids is 2. The summed E-state index contributed by atoms with van der Waals surface area (Å²) in [5, 5.41) is 4.29. The molecule has 2 aromatic rings. The average molecular weight is 386 g/mol. The first kappa shape index (κ1) is 18.6. The predicted molar refractivity (Wildman–Crippen MR) is 99.7 cm³/mol. The van der Waals surface area contributed by atoms with Crippen molar-refractivity contribution >= 4 is 11.8 Å². The minimum Gasteiger partial charge on any atom is -0.368 e. The van der Waals surface area contributed by atoms with E-state index in [9.17, 15) is 14.0 Å². The lowest BCUT2D eigenvalue weighted by Crippen LogP contribution is -2.52. The van der Waals surface area contributed by atoms with Gasteiger partial charge in [-0.2, -0.15) is 5.10 Å². The van der Waals surface area contributed by atoms with E-state index in [1.807, 2.05) is 6.92 Å². The molecule has 0 N–H and O–H groups in total. The van der Waals surface area contributed by atoms with Gasteiger partial charge in [-0.3, -0.25) is 9.59 Å². The molecule has 3 heterocycles. The molecule has 148 valence electrons. The van der Waals surface area contributed by atoms with E-state index in [1.165, 1.54) is 12.1 Å². The highest BCUT2D eigenvalue weighted by Gasteiger charge is 2.32. The van der Waals surface area contributed by atoms with E-state index in [1.54, 1.807) is 32.8 Å². The Labute approximate surface area is 162 Å². The summed E-state index contributed by atoms with van der Waals surface area (Å²) in [5.74, 6) is -0.389. The third-order valence-electron chi connectivity index (χ3n) is 5.40.